The van der Waals surface area contributed by atoms with Crippen molar-refractivity contribution in [2.45, 2.75) is 25.8 Å². The van der Waals surface area contributed by atoms with Crippen molar-refractivity contribution in [2.24, 2.45) is 0 Å². The third-order valence-electron chi connectivity index (χ3n) is 4.30. The van der Waals surface area contributed by atoms with E-state index in [1.54, 1.807) is 18.7 Å². The number of carbonyl (C=O) groups excluding carboxylic acids is 1. The normalized spacial score (nSPS) is 17.8. The van der Waals surface area contributed by atoms with Crippen LogP contribution in [0.15, 0.2) is 36.9 Å². The number of H-pyrrole nitrogens is 1. The maximum Gasteiger partial charge on any atom is 0.254 e. The molecule has 1 N–H and O–H groups in total. The molecule has 0 saturated carbocycles. The monoisotopic (exact) mass is 307 g/mol. The Balaban J connectivity index is 1.66. The molecule has 116 valence electrons. The van der Waals surface area contributed by atoms with Crippen LogP contribution in [-0.4, -0.2) is 37.3 Å². The van der Waals surface area contributed by atoms with Gasteiger partial charge >= 0.3 is 0 Å². The highest BCUT2D eigenvalue weighted by molar-refractivity contribution is 5.97. The number of imidazole rings is 1. The first-order chi connectivity index (χ1) is 11.2. The van der Waals surface area contributed by atoms with Crippen molar-refractivity contribution in [1.29, 1.82) is 0 Å². The van der Waals surface area contributed by atoms with Gasteiger partial charge in [0, 0.05) is 18.3 Å². The molecule has 6 nitrogen and oxygen atoms in total. The lowest BCUT2D eigenvalue weighted by Gasteiger charge is -2.24. The summed E-state index contributed by atoms with van der Waals surface area (Å²) in [7, 11) is 0. The number of nitrogens with zero attached hydrogens (tertiary/aromatic N) is 4. The number of aromatic nitrogens is 4. The van der Waals surface area contributed by atoms with E-state index >= 15 is 0 Å². The highest BCUT2D eigenvalue weighted by Gasteiger charge is 2.31. The van der Waals surface area contributed by atoms with Crippen LogP contribution >= 0.6 is 0 Å². The second-order valence-electron chi connectivity index (χ2n) is 5.88. The topological polar surface area (TPSA) is 74.8 Å². The molecule has 1 aliphatic rings. The molecule has 1 aliphatic heterocycles. The van der Waals surface area contributed by atoms with Gasteiger partial charge in [-0.2, -0.15) is 0 Å². The summed E-state index contributed by atoms with van der Waals surface area (Å²) in [5.74, 6) is 0.0345. The number of aryl methyl sites for hydroxylation is 1. The maximum atomic E-state index is 12.9. The lowest BCUT2D eigenvalue weighted by atomic mass is 10.1. The van der Waals surface area contributed by atoms with Crippen LogP contribution in [0.3, 0.4) is 0 Å². The molecule has 3 heterocycles. The van der Waals surface area contributed by atoms with Crippen LogP contribution in [0.2, 0.25) is 0 Å². The van der Waals surface area contributed by atoms with E-state index in [2.05, 4.69) is 19.9 Å². The maximum absolute atomic E-state index is 12.9. The first-order valence-electron chi connectivity index (χ1n) is 7.75. The quantitative estimate of drug-likeness (QED) is 0.789. The van der Waals surface area contributed by atoms with Gasteiger partial charge < -0.3 is 9.88 Å². The van der Waals surface area contributed by atoms with E-state index in [4.69, 9.17) is 0 Å². The summed E-state index contributed by atoms with van der Waals surface area (Å²) < 4.78 is 0. The largest absolute Gasteiger partial charge is 0.345 e. The summed E-state index contributed by atoms with van der Waals surface area (Å²) in [6.07, 6.45) is 7.05. The Hall–Kier alpha value is -2.76. The molecular formula is C17H17N5O. The average molecular weight is 307 g/mol. The van der Waals surface area contributed by atoms with Gasteiger partial charge in [-0.1, -0.05) is 0 Å². The molecule has 6 heteroatoms. The zero-order valence-electron chi connectivity index (χ0n) is 12.9. The molecule has 1 saturated heterocycles. The molecule has 0 aliphatic carbocycles. The van der Waals surface area contributed by atoms with Crippen molar-refractivity contribution in [2.75, 3.05) is 6.54 Å². The number of amides is 1. The molecule has 1 unspecified atom stereocenters. The van der Waals surface area contributed by atoms with Gasteiger partial charge in [0.05, 0.1) is 41.0 Å². The first kappa shape index (κ1) is 13.9. The number of hydrogen-bond donors (Lipinski definition) is 1. The van der Waals surface area contributed by atoms with Crippen molar-refractivity contribution in [3.05, 3.63) is 53.9 Å². The molecule has 1 atom stereocenters. The molecule has 3 aromatic rings. The molecule has 23 heavy (non-hydrogen) atoms. The van der Waals surface area contributed by atoms with E-state index < -0.39 is 0 Å². The minimum Gasteiger partial charge on any atom is -0.345 e. The number of likely N-dealkylation sites (tertiary alicyclic amines) is 1. The zero-order chi connectivity index (χ0) is 15.8. The molecule has 0 spiro atoms. The van der Waals surface area contributed by atoms with Crippen LogP contribution < -0.4 is 0 Å². The van der Waals surface area contributed by atoms with Crippen molar-refractivity contribution in [3.8, 4) is 0 Å². The van der Waals surface area contributed by atoms with Crippen LogP contribution in [0.4, 0.5) is 0 Å². The fraction of sp³-hybridized carbons (Fsp3) is 0.294. The fourth-order valence-corrected chi connectivity index (χ4v) is 3.20. The Bertz CT molecular complexity index is 872. The van der Waals surface area contributed by atoms with E-state index in [0.717, 1.165) is 41.8 Å². The van der Waals surface area contributed by atoms with Crippen LogP contribution in [0.1, 0.15) is 40.6 Å². The van der Waals surface area contributed by atoms with Gasteiger partial charge in [0.25, 0.3) is 5.91 Å². The van der Waals surface area contributed by atoms with Gasteiger partial charge in [-0.15, -0.1) is 0 Å². The fourth-order valence-electron chi connectivity index (χ4n) is 3.20. The minimum absolute atomic E-state index is 0.00682. The van der Waals surface area contributed by atoms with E-state index in [0.29, 0.717) is 5.56 Å². The molecule has 1 fully saturated rings. The smallest absolute Gasteiger partial charge is 0.254 e. The second-order valence-corrected chi connectivity index (χ2v) is 5.88. The van der Waals surface area contributed by atoms with E-state index in [9.17, 15) is 4.79 Å². The molecule has 0 bridgehead atoms. The van der Waals surface area contributed by atoms with Crippen molar-refractivity contribution >= 4 is 16.9 Å². The lowest BCUT2D eigenvalue weighted by Crippen LogP contribution is -2.31. The van der Waals surface area contributed by atoms with Gasteiger partial charge in [-0.05, 0) is 38.0 Å². The number of nitrogens with one attached hydrogen (secondary N) is 1. The molecule has 1 amide bonds. The standard InChI is InChI=1S/C17H17N5O/c1-11-8-18-9-15(21-11)16-3-2-6-22(16)17(23)12-4-5-13-14(7-12)20-10-19-13/h4-5,7-10,16H,2-3,6H2,1H3,(H,19,20). The summed E-state index contributed by atoms with van der Waals surface area (Å²) in [4.78, 5) is 30.8. The number of carbonyl (C=O) groups is 1. The first-order valence-corrected chi connectivity index (χ1v) is 7.75. The van der Waals surface area contributed by atoms with E-state index in [1.807, 2.05) is 30.0 Å². The lowest BCUT2D eigenvalue weighted by molar-refractivity contribution is 0.0732. The van der Waals surface area contributed by atoms with Crippen LogP contribution in [0, 0.1) is 6.92 Å². The number of fused-ring (bicyclic) bond motifs is 1. The highest BCUT2D eigenvalue weighted by atomic mass is 16.2. The van der Waals surface area contributed by atoms with Gasteiger partial charge in [-0.3, -0.25) is 14.8 Å². The van der Waals surface area contributed by atoms with Gasteiger partial charge in [0.1, 0.15) is 0 Å². The summed E-state index contributed by atoms with van der Waals surface area (Å²) in [5, 5.41) is 0. The second kappa shape index (κ2) is 5.46. The molecule has 2 aromatic heterocycles. The summed E-state index contributed by atoms with van der Waals surface area (Å²) in [6, 6.07) is 5.58. The van der Waals surface area contributed by atoms with E-state index in [1.165, 1.54) is 0 Å². The van der Waals surface area contributed by atoms with Crippen molar-refractivity contribution < 1.29 is 4.79 Å². The number of hydrogen-bond acceptors (Lipinski definition) is 4. The Morgan fingerprint density at radius 3 is 3.13 bits per heavy atom. The van der Waals surface area contributed by atoms with Crippen molar-refractivity contribution in [1.82, 2.24) is 24.8 Å². The molecule has 1 aromatic carbocycles. The predicted molar refractivity (Wildman–Crippen MR) is 85.9 cm³/mol. The molecule has 4 rings (SSSR count). The van der Waals surface area contributed by atoms with Crippen LogP contribution in [-0.2, 0) is 0 Å². The van der Waals surface area contributed by atoms with E-state index in [-0.39, 0.29) is 11.9 Å². The summed E-state index contributed by atoms with van der Waals surface area (Å²) >= 11 is 0. The predicted octanol–water partition coefficient (Wildman–Crippen LogP) is 2.64. The summed E-state index contributed by atoms with van der Waals surface area (Å²) in [5.41, 5.74) is 4.17. The molecule has 0 radical (unpaired) electrons. The zero-order valence-corrected chi connectivity index (χ0v) is 12.9. The Kier molecular flexibility index (Phi) is 3.29. The summed E-state index contributed by atoms with van der Waals surface area (Å²) in [6.45, 7) is 2.67. The van der Waals surface area contributed by atoms with Crippen LogP contribution in [0.5, 0.6) is 0 Å². The Morgan fingerprint density at radius 1 is 1.35 bits per heavy atom. The van der Waals surface area contributed by atoms with Gasteiger partial charge in [0.2, 0.25) is 0 Å². The number of rotatable bonds is 2. The highest BCUT2D eigenvalue weighted by Crippen LogP contribution is 2.32. The van der Waals surface area contributed by atoms with Crippen LogP contribution in [0.25, 0.3) is 11.0 Å². The third kappa shape index (κ3) is 2.46. The number of aromatic amines is 1. The SMILES string of the molecule is Cc1cncc(C2CCCN2C(=O)c2ccc3nc[nH]c3c2)n1. The molecular weight excluding hydrogens is 290 g/mol. The number of benzene rings is 1. The van der Waals surface area contributed by atoms with Gasteiger partial charge in [-0.25, -0.2) is 4.98 Å². The average Bonchev–Trinajstić information content (AvgIpc) is 3.22. The van der Waals surface area contributed by atoms with Gasteiger partial charge in [0.15, 0.2) is 0 Å². The van der Waals surface area contributed by atoms with Crippen molar-refractivity contribution in [3.63, 3.8) is 0 Å². The Labute approximate surface area is 133 Å². The Morgan fingerprint density at radius 2 is 2.26 bits per heavy atom. The minimum atomic E-state index is 0.00682. The third-order valence-corrected chi connectivity index (χ3v) is 4.30.